The molecule has 5 heteroatoms. The number of methoxy groups -OCH3 is 1. The number of nitrogens with zero attached hydrogens (tertiary/aromatic N) is 1. The van der Waals surface area contributed by atoms with Crippen LogP contribution in [-0.4, -0.2) is 56.9 Å². The number of carbonyl (C=O) groups excluding carboxylic acids is 1. The average molecular weight is 319 g/mol. The molecule has 0 bridgehead atoms. The summed E-state index contributed by atoms with van der Waals surface area (Å²) in [7, 11) is 1.71. The number of fused-ring (bicyclic) bond motifs is 1. The maximum atomic E-state index is 12.5. The molecule has 0 aliphatic carbocycles. The molecular weight excluding hydrogens is 294 g/mol. The van der Waals surface area contributed by atoms with Crippen molar-refractivity contribution < 1.29 is 19.0 Å². The summed E-state index contributed by atoms with van der Waals surface area (Å²) in [5.41, 5.74) is 1.13. The Morgan fingerprint density at radius 3 is 2.91 bits per heavy atom. The maximum Gasteiger partial charge on any atom is 0.260 e. The first-order chi connectivity index (χ1) is 11.1. The number of amides is 1. The summed E-state index contributed by atoms with van der Waals surface area (Å²) in [5.74, 6) is 0.765. The predicted octanol–water partition coefficient (Wildman–Crippen LogP) is 2.03. The first-order valence-corrected chi connectivity index (χ1v) is 8.21. The van der Waals surface area contributed by atoms with E-state index in [1.807, 2.05) is 36.1 Å². The third kappa shape index (κ3) is 3.51. The number of likely N-dealkylation sites (tertiary alicyclic amines) is 1. The van der Waals surface area contributed by atoms with E-state index in [2.05, 4.69) is 0 Å². The van der Waals surface area contributed by atoms with Gasteiger partial charge in [-0.3, -0.25) is 4.79 Å². The van der Waals surface area contributed by atoms with Gasteiger partial charge in [0.2, 0.25) is 0 Å². The average Bonchev–Trinajstić information content (AvgIpc) is 2.97. The number of carbonyl (C=O) groups is 1. The molecule has 2 saturated heterocycles. The lowest BCUT2D eigenvalue weighted by atomic mass is 9.77. The Bertz CT molecular complexity index is 544. The van der Waals surface area contributed by atoms with Crippen LogP contribution < -0.4 is 4.74 Å². The predicted molar refractivity (Wildman–Crippen MR) is 86.5 cm³/mol. The van der Waals surface area contributed by atoms with Crippen LogP contribution in [0.15, 0.2) is 24.3 Å². The minimum atomic E-state index is -0.0491. The molecule has 1 aromatic rings. The minimum Gasteiger partial charge on any atom is -0.484 e. The molecule has 2 aliphatic heterocycles. The highest BCUT2D eigenvalue weighted by Crippen LogP contribution is 2.41. The molecule has 0 N–H and O–H groups in total. The molecule has 23 heavy (non-hydrogen) atoms. The zero-order valence-electron chi connectivity index (χ0n) is 13.9. The molecule has 2 heterocycles. The van der Waals surface area contributed by atoms with Gasteiger partial charge in [0.1, 0.15) is 5.75 Å². The molecule has 1 amide bonds. The fourth-order valence-electron chi connectivity index (χ4n) is 3.63. The number of piperidine rings is 1. The van der Waals surface area contributed by atoms with E-state index in [-0.39, 0.29) is 24.0 Å². The summed E-state index contributed by atoms with van der Waals surface area (Å²) < 4.78 is 16.9. The van der Waals surface area contributed by atoms with Gasteiger partial charge in [-0.15, -0.1) is 0 Å². The highest BCUT2D eigenvalue weighted by atomic mass is 16.5. The highest BCUT2D eigenvalue weighted by Gasteiger charge is 2.48. The quantitative estimate of drug-likeness (QED) is 0.833. The van der Waals surface area contributed by atoms with E-state index >= 15 is 0 Å². The molecule has 2 aliphatic rings. The Labute approximate surface area is 137 Å². The highest BCUT2D eigenvalue weighted by molar-refractivity contribution is 5.78. The van der Waals surface area contributed by atoms with Crippen LogP contribution in [0, 0.1) is 12.3 Å². The number of rotatable bonds is 5. The second-order valence-corrected chi connectivity index (χ2v) is 6.61. The second-order valence-electron chi connectivity index (χ2n) is 6.61. The third-order valence-electron chi connectivity index (χ3n) is 4.94. The lowest BCUT2D eigenvalue weighted by Gasteiger charge is -2.43. The molecule has 0 unspecified atom stereocenters. The van der Waals surface area contributed by atoms with Gasteiger partial charge in [0.15, 0.2) is 6.61 Å². The Balaban J connectivity index is 1.58. The monoisotopic (exact) mass is 319 g/mol. The molecule has 0 radical (unpaired) electrons. The van der Waals surface area contributed by atoms with Crippen LogP contribution in [-0.2, 0) is 14.3 Å². The fraction of sp³-hybridized carbons (Fsp3) is 0.611. The van der Waals surface area contributed by atoms with Crippen molar-refractivity contribution in [1.82, 2.24) is 4.90 Å². The standard InChI is InChI=1S/C18H25NO4/c1-14-3-5-15(6-4-14)23-11-17(20)19-9-7-16-18(12-19,13-21-2)8-10-22-16/h3-6,16H,7-13H2,1-2H3/t16-,18+/m0/s1. The minimum absolute atomic E-state index is 0.0337. The van der Waals surface area contributed by atoms with Crippen molar-refractivity contribution in [3.8, 4) is 5.75 Å². The maximum absolute atomic E-state index is 12.5. The number of benzene rings is 1. The van der Waals surface area contributed by atoms with Gasteiger partial charge in [0.25, 0.3) is 5.91 Å². The first-order valence-electron chi connectivity index (χ1n) is 8.21. The van der Waals surface area contributed by atoms with Crippen molar-refractivity contribution in [2.24, 2.45) is 5.41 Å². The van der Waals surface area contributed by atoms with Gasteiger partial charge in [-0.2, -0.15) is 0 Å². The van der Waals surface area contributed by atoms with Gasteiger partial charge in [-0.25, -0.2) is 0 Å². The molecule has 2 atom stereocenters. The molecular formula is C18H25NO4. The summed E-state index contributed by atoms with van der Waals surface area (Å²) in [6.07, 6.45) is 2.04. The number of hydrogen-bond donors (Lipinski definition) is 0. The van der Waals surface area contributed by atoms with E-state index in [9.17, 15) is 4.79 Å². The van der Waals surface area contributed by atoms with Crippen molar-refractivity contribution in [1.29, 1.82) is 0 Å². The summed E-state index contributed by atoms with van der Waals surface area (Å²) in [4.78, 5) is 14.4. The van der Waals surface area contributed by atoms with Crippen molar-refractivity contribution >= 4 is 5.91 Å². The molecule has 5 nitrogen and oxygen atoms in total. The molecule has 3 rings (SSSR count). The molecule has 126 valence electrons. The van der Waals surface area contributed by atoms with Gasteiger partial charge in [0, 0.05) is 32.2 Å². The van der Waals surface area contributed by atoms with E-state index in [4.69, 9.17) is 14.2 Å². The van der Waals surface area contributed by atoms with Gasteiger partial charge in [-0.05, 0) is 31.9 Å². The van der Waals surface area contributed by atoms with E-state index in [0.29, 0.717) is 13.2 Å². The first kappa shape index (κ1) is 16.3. The zero-order valence-corrected chi connectivity index (χ0v) is 13.9. The zero-order chi connectivity index (χ0) is 16.3. The number of aryl methyl sites for hydroxylation is 1. The molecule has 1 aromatic carbocycles. The van der Waals surface area contributed by atoms with E-state index in [1.54, 1.807) is 7.11 Å². The normalized spacial score (nSPS) is 26.9. The van der Waals surface area contributed by atoms with E-state index < -0.39 is 0 Å². The van der Waals surface area contributed by atoms with Crippen LogP contribution in [0.4, 0.5) is 0 Å². The summed E-state index contributed by atoms with van der Waals surface area (Å²) in [6.45, 7) is 4.93. The molecule has 0 saturated carbocycles. The lowest BCUT2D eigenvalue weighted by molar-refractivity contribution is -0.141. The van der Waals surface area contributed by atoms with Crippen LogP contribution >= 0.6 is 0 Å². The van der Waals surface area contributed by atoms with E-state index in [1.165, 1.54) is 5.56 Å². The Morgan fingerprint density at radius 2 is 2.17 bits per heavy atom. The van der Waals surface area contributed by atoms with Crippen molar-refractivity contribution in [2.75, 3.05) is 40.0 Å². The fourth-order valence-corrected chi connectivity index (χ4v) is 3.63. The van der Waals surface area contributed by atoms with Gasteiger partial charge in [-0.1, -0.05) is 17.7 Å². The largest absolute Gasteiger partial charge is 0.484 e. The van der Waals surface area contributed by atoms with Crippen LogP contribution in [0.1, 0.15) is 18.4 Å². The molecule has 0 spiro atoms. The summed E-state index contributed by atoms with van der Waals surface area (Å²) in [6, 6.07) is 7.75. The van der Waals surface area contributed by atoms with Crippen LogP contribution in [0.3, 0.4) is 0 Å². The number of hydrogen-bond acceptors (Lipinski definition) is 4. The van der Waals surface area contributed by atoms with Crippen molar-refractivity contribution in [3.63, 3.8) is 0 Å². The Morgan fingerprint density at radius 1 is 1.39 bits per heavy atom. The molecule has 2 fully saturated rings. The topological polar surface area (TPSA) is 48.0 Å². The van der Waals surface area contributed by atoms with Crippen LogP contribution in [0.2, 0.25) is 0 Å². The SMILES string of the molecule is COC[C@]12CCO[C@H]1CCN(C(=O)COc1ccc(C)cc1)C2. The smallest absolute Gasteiger partial charge is 0.260 e. The second kappa shape index (κ2) is 6.89. The van der Waals surface area contributed by atoms with Gasteiger partial charge < -0.3 is 19.1 Å². The van der Waals surface area contributed by atoms with Crippen LogP contribution in [0.5, 0.6) is 5.75 Å². The van der Waals surface area contributed by atoms with Crippen LogP contribution in [0.25, 0.3) is 0 Å². The van der Waals surface area contributed by atoms with Gasteiger partial charge >= 0.3 is 0 Å². The molecule has 0 aromatic heterocycles. The van der Waals surface area contributed by atoms with Crippen molar-refractivity contribution in [2.45, 2.75) is 25.9 Å². The summed E-state index contributed by atoms with van der Waals surface area (Å²) in [5, 5.41) is 0. The Hall–Kier alpha value is -1.59. The lowest BCUT2D eigenvalue weighted by Crippen LogP contribution is -2.54. The Kier molecular flexibility index (Phi) is 4.87. The van der Waals surface area contributed by atoms with Gasteiger partial charge in [0.05, 0.1) is 12.7 Å². The van der Waals surface area contributed by atoms with E-state index in [0.717, 1.165) is 31.7 Å². The summed E-state index contributed by atoms with van der Waals surface area (Å²) >= 11 is 0. The third-order valence-corrected chi connectivity index (χ3v) is 4.94. The number of ether oxygens (including phenoxy) is 3. The van der Waals surface area contributed by atoms with Crippen molar-refractivity contribution in [3.05, 3.63) is 29.8 Å².